The topological polar surface area (TPSA) is 82.9 Å². The lowest BCUT2D eigenvalue weighted by atomic mass is 9.95. The summed E-state index contributed by atoms with van der Waals surface area (Å²) in [6.07, 6.45) is 5.69. The number of nitriles is 1. The summed E-state index contributed by atoms with van der Waals surface area (Å²) in [5.74, 6) is 1.10. The molecule has 1 aliphatic heterocycles. The van der Waals surface area contributed by atoms with Gasteiger partial charge >= 0.3 is 0 Å². The van der Waals surface area contributed by atoms with Crippen molar-refractivity contribution in [3.8, 4) is 6.07 Å². The van der Waals surface area contributed by atoms with Crippen molar-refractivity contribution in [2.45, 2.75) is 32.3 Å². The van der Waals surface area contributed by atoms with Gasteiger partial charge in [0.1, 0.15) is 17.1 Å². The monoisotopic (exact) mass is 482 g/mol. The van der Waals surface area contributed by atoms with Gasteiger partial charge in [-0.2, -0.15) is 5.26 Å². The molecule has 4 rings (SSSR count). The first-order chi connectivity index (χ1) is 12.6. The smallest absolute Gasteiger partial charge is 0.157 e. The van der Waals surface area contributed by atoms with Crippen molar-refractivity contribution in [1.29, 1.82) is 5.26 Å². The van der Waals surface area contributed by atoms with E-state index in [-0.39, 0.29) is 0 Å². The third-order valence-corrected chi connectivity index (χ3v) is 6.72. The predicted octanol–water partition coefficient (Wildman–Crippen LogP) is 3.55. The highest BCUT2D eigenvalue weighted by Crippen LogP contribution is 2.32. The van der Waals surface area contributed by atoms with E-state index in [0.29, 0.717) is 18.2 Å². The highest BCUT2D eigenvalue weighted by Gasteiger charge is 2.26. The molecule has 9 heteroatoms. The summed E-state index contributed by atoms with van der Waals surface area (Å²) in [4.78, 5) is 9.23. The largest absolute Gasteiger partial charge is 0.385 e. The number of pyridine rings is 1. The minimum absolute atomic E-state index is 0.458. The fourth-order valence-electron chi connectivity index (χ4n) is 3.69. The maximum atomic E-state index is 10.3. The Labute approximate surface area is 167 Å². The molecule has 0 aliphatic carbocycles. The van der Waals surface area contributed by atoms with Crippen molar-refractivity contribution < 1.29 is 5.11 Å². The quantitative estimate of drug-likeness (QED) is 0.573. The molecule has 4 heterocycles. The number of aliphatic hydroxyl groups excluding tert-OH is 1. The Morgan fingerprint density at radius 1 is 1.46 bits per heavy atom. The van der Waals surface area contributed by atoms with Crippen LogP contribution in [0.2, 0.25) is 0 Å². The summed E-state index contributed by atoms with van der Waals surface area (Å²) in [6.45, 7) is 3.45. The number of fused-ring (bicyclic) bond motifs is 3. The predicted molar refractivity (Wildman–Crippen MR) is 112 cm³/mol. The van der Waals surface area contributed by atoms with Crippen molar-refractivity contribution in [1.82, 2.24) is 18.6 Å². The van der Waals surface area contributed by atoms with Gasteiger partial charge in [0, 0.05) is 61.4 Å². The summed E-state index contributed by atoms with van der Waals surface area (Å²) >= 11 is 2.24. The highest BCUT2D eigenvalue weighted by molar-refractivity contribution is 14.2. The van der Waals surface area contributed by atoms with Gasteiger partial charge in [-0.25, -0.2) is 14.6 Å². The molecule has 0 amide bonds. The summed E-state index contributed by atoms with van der Waals surface area (Å²) in [5, 5.41) is 22.5. The molecule has 0 aromatic carbocycles. The standard InChI is InChI=1S/C17H19IN6OS/c1-11(25)16-21-14-10-20-17-13(5-9-23(17)26-18)15(14)24(16)22-7-3-12(2-6-19)4-8-22/h5,9-12,25H,2-4,7-8H2,1H3/t11-/m1/s1. The lowest BCUT2D eigenvalue weighted by Gasteiger charge is -2.35. The molecule has 1 fully saturated rings. The van der Waals surface area contributed by atoms with Crippen molar-refractivity contribution in [2.75, 3.05) is 18.1 Å². The number of halogens is 1. The average Bonchev–Trinajstić information content (AvgIpc) is 3.23. The van der Waals surface area contributed by atoms with Crippen LogP contribution in [0.5, 0.6) is 0 Å². The van der Waals surface area contributed by atoms with Gasteiger partial charge in [0.25, 0.3) is 0 Å². The number of hydrogen-bond acceptors (Lipinski definition) is 6. The molecule has 0 bridgehead atoms. The van der Waals surface area contributed by atoms with E-state index in [9.17, 15) is 5.11 Å². The summed E-state index contributed by atoms with van der Waals surface area (Å²) in [7, 11) is 1.57. The Bertz CT molecular complexity index is 983. The Kier molecular flexibility index (Phi) is 4.98. The van der Waals surface area contributed by atoms with E-state index in [0.717, 1.165) is 48.0 Å². The first kappa shape index (κ1) is 17.9. The van der Waals surface area contributed by atoms with E-state index in [1.165, 1.54) is 0 Å². The molecule has 1 aliphatic rings. The van der Waals surface area contributed by atoms with Gasteiger partial charge in [-0.1, -0.05) is 0 Å². The fraction of sp³-hybridized carbons (Fsp3) is 0.471. The molecule has 1 saturated heterocycles. The van der Waals surface area contributed by atoms with Crippen molar-refractivity contribution in [3.63, 3.8) is 0 Å². The minimum atomic E-state index is -0.671. The summed E-state index contributed by atoms with van der Waals surface area (Å²) in [6, 6.07) is 4.35. The van der Waals surface area contributed by atoms with Gasteiger partial charge in [0.05, 0.1) is 12.3 Å². The van der Waals surface area contributed by atoms with Gasteiger partial charge in [0.15, 0.2) is 11.5 Å². The van der Waals surface area contributed by atoms with Crippen LogP contribution < -0.4 is 5.01 Å². The van der Waals surface area contributed by atoms with E-state index < -0.39 is 6.10 Å². The molecule has 1 atom stereocenters. The third-order valence-electron chi connectivity index (χ3n) is 5.00. The molecular weight excluding hydrogens is 463 g/mol. The molecule has 3 aromatic heterocycles. The zero-order valence-corrected chi connectivity index (χ0v) is 17.3. The summed E-state index contributed by atoms with van der Waals surface area (Å²) < 4.78 is 4.10. The molecule has 1 N–H and O–H groups in total. The van der Waals surface area contributed by atoms with Crippen LogP contribution in [0.4, 0.5) is 0 Å². The lowest BCUT2D eigenvalue weighted by Crippen LogP contribution is -2.42. The van der Waals surface area contributed by atoms with E-state index >= 15 is 0 Å². The van der Waals surface area contributed by atoms with Gasteiger partial charge in [-0.05, 0) is 31.7 Å². The van der Waals surface area contributed by atoms with Crippen LogP contribution >= 0.6 is 30.3 Å². The van der Waals surface area contributed by atoms with E-state index in [2.05, 4.69) is 53.0 Å². The summed E-state index contributed by atoms with van der Waals surface area (Å²) in [5.41, 5.74) is 2.69. The number of aliphatic hydroxyl groups is 1. The molecule has 0 radical (unpaired) electrons. The van der Waals surface area contributed by atoms with Gasteiger partial charge < -0.3 is 10.1 Å². The number of rotatable bonds is 4. The van der Waals surface area contributed by atoms with Crippen molar-refractivity contribution in [2.24, 2.45) is 5.92 Å². The second-order valence-corrected chi connectivity index (χ2v) is 8.37. The van der Waals surface area contributed by atoms with Crippen LogP contribution in [0.25, 0.3) is 22.1 Å². The Morgan fingerprint density at radius 2 is 2.23 bits per heavy atom. The molecule has 136 valence electrons. The van der Waals surface area contributed by atoms with E-state index in [1.54, 1.807) is 22.2 Å². The second-order valence-electron chi connectivity index (χ2n) is 6.66. The van der Waals surface area contributed by atoms with Crippen LogP contribution in [0, 0.1) is 17.2 Å². The maximum absolute atomic E-state index is 10.3. The molecule has 0 unspecified atom stereocenters. The zero-order chi connectivity index (χ0) is 18.3. The zero-order valence-electron chi connectivity index (χ0n) is 14.3. The Morgan fingerprint density at radius 3 is 2.88 bits per heavy atom. The number of piperidine rings is 1. The van der Waals surface area contributed by atoms with Crippen LogP contribution in [0.15, 0.2) is 18.5 Å². The first-order valence-electron chi connectivity index (χ1n) is 8.61. The van der Waals surface area contributed by atoms with Crippen LogP contribution in [0.3, 0.4) is 0 Å². The molecule has 7 nitrogen and oxygen atoms in total. The average molecular weight is 482 g/mol. The minimum Gasteiger partial charge on any atom is -0.385 e. The SMILES string of the molecule is C[C@@H](O)c1nc2cnc3c(ccn3SI)c2n1N1CCC(CC#N)CC1. The van der Waals surface area contributed by atoms with Gasteiger partial charge in [-0.15, -0.1) is 0 Å². The molecule has 3 aromatic rings. The molecule has 0 spiro atoms. The number of imidazole rings is 1. The molecule has 0 saturated carbocycles. The number of nitrogens with zero attached hydrogens (tertiary/aromatic N) is 6. The van der Waals surface area contributed by atoms with Gasteiger partial charge in [-0.3, -0.25) is 3.97 Å². The molecule has 26 heavy (non-hydrogen) atoms. The lowest BCUT2D eigenvalue weighted by molar-refractivity contribution is 0.182. The first-order valence-corrected chi connectivity index (χ1v) is 11.9. The van der Waals surface area contributed by atoms with E-state index in [1.807, 2.05) is 10.2 Å². The van der Waals surface area contributed by atoms with Crippen LogP contribution in [-0.2, 0) is 0 Å². The molecular formula is C17H19IN6OS. The number of aromatic nitrogens is 4. The number of hydrogen-bond donors (Lipinski definition) is 1. The van der Waals surface area contributed by atoms with Crippen LogP contribution in [-0.4, -0.2) is 36.8 Å². The normalized spacial score (nSPS) is 17.1. The third kappa shape index (κ3) is 2.93. The van der Waals surface area contributed by atoms with Crippen molar-refractivity contribution in [3.05, 3.63) is 24.3 Å². The Balaban J connectivity index is 1.85. The van der Waals surface area contributed by atoms with Gasteiger partial charge in [0.2, 0.25) is 0 Å². The maximum Gasteiger partial charge on any atom is 0.157 e. The fourth-order valence-corrected chi connectivity index (χ4v) is 4.96. The van der Waals surface area contributed by atoms with E-state index in [4.69, 9.17) is 5.26 Å². The Hall–Kier alpha value is -1.51. The second kappa shape index (κ2) is 7.25. The van der Waals surface area contributed by atoms with Crippen LogP contribution in [0.1, 0.15) is 38.1 Å². The highest BCUT2D eigenvalue weighted by atomic mass is 127. The van der Waals surface area contributed by atoms with Crippen molar-refractivity contribution >= 4 is 52.4 Å².